The van der Waals surface area contributed by atoms with Gasteiger partial charge in [0.15, 0.2) is 0 Å². The van der Waals surface area contributed by atoms with Crippen molar-refractivity contribution in [3.63, 3.8) is 0 Å². The molecule has 1 aromatic carbocycles. The fourth-order valence-electron chi connectivity index (χ4n) is 2.38. The fraction of sp³-hybridized carbons (Fsp3) is 0.500. The Balaban J connectivity index is 0.00000180. The van der Waals surface area contributed by atoms with Gasteiger partial charge in [0, 0.05) is 24.7 Å². The Hall–Kier alpha value is -1.13. The van der Waals surface area contributed by atoms with Crippen molar-refractivity contribution < 1.29 is 9.18 Å². The SMILES string of the molecule is CCN(C(=O)CC1CCCN1)c1ccc(F)cc1.Cl. The van der Waals surface area contributed by atoms with Crippen LogP contribution in [0.1, 0.15) is 26.2 Å². The molecule has 1 saturated heterocycles. The van der Waals surface area contributed by atoms with Gasteiger partial charge in [-0.3, -0.25) is 4.79 Å². The van der Waals surface area contributed by atoms with Crippen molar-refractivity contribution in [2.75, 3.05) is 18.0 Å². The molecule has 1 fully saturated rings. The maximum Gasteiger partial charge on any atom is 0.228 e. The van der Waals surface area contributed by atoms with Crippen LogP contribution in [-0.2, 0) is 4.79 Å². The number of benzene rings is 1. The molecule has 1 aliphatic rings. The maximum absolute atomic E-state index is 12.9. The van der Waals surface area contributed by atoms with Gasteiger partial charge in [0.2, 0.25) is 5.91 Å². The number of anilines is 1. The van der Waals surface area contributed by atoms with Crippen LogP contribution in [0.5, 0.6) is 0 Å². The summed E-state index contributed by atoms with van der Waals surface area (Å²) < 4.78 is 12.9. The van der Waals surface area contributed by atoms with Crippen LogP contribution in [0.3, 0.4) is 0 Å². The Morgan fingerprint density at radius 3 is 2.63 bits per heavy atom. The van der Waals surface area contributed by atoms with Crippen LogP contribution < -0.4 is 10.2 Å². The molecule has 1 unspecified atom stereocenters. The average Bonchev–Trinajstić information content (AvgIpc) is 2.85. The van der Waals surface area contributed by atoms with E-state index in [-0.39, 0.29) is 24.1 Å². The van der Waals surface area contributed by atoms with Gasteiger partial charge in [0.25, 0.3) is 0 Å². The lowest BCUT2D eigenvalue weighted by molar-refractivity contribution is -0.119. The number of carbonyl (C=O) groups excluding carboxylic acids is 1. The Kier molecular flexibility index (Phi) is 6.25. The summed E-state index contributed by atoms with van der Waals surface area (Å²) in [5.41, 5.74) is 0.766. The zero-order valence-electron chi connectivity index (χ0n) is 11.1. The smallest absolute Gasteiger partial charge is 0.228 e. The molecule has 106 valence electrons. The number of rotatable bonds is 4. The maximum atomic E-state index is 12.9. The van der Waals surface area contributed by atoms with Gasteiger partial charge in [-0.05, 0) is 50.6 Å². The van der Waals surface area contributed by atoms with E-state index in [9.17, 15) is 9.18 Å². The summed E-state index contributed by atoms with van der Waals surface area (Å²) in [6.45, 7) is 3.54. The molecule has 1 heterocycles. The summed E-state index contributed by atoms with van der Waals surface area (Å²) in [5, 5.41) is 3.32. The van der Waals surface area contributed by atoms with Gasteiger partial charge < -0.3 is 10.2 Å². The topological polar surface area (TPSA) is 32.3 Å². The quantitative estimate of drug-likeness (QED) is 0.923. The van der Waals surface area contributed by atoms with Gasteiger partial charge in [-0.1, -0.05) is 0 Å². The van der Waals surface area contributed by atoms with Crippen molar-refractivity contribution in [2.45, 2.75) is 32.2 Å². The summed E-state index contributed by atoms with van der Waals surface area (Å²) in [4.78, 5) is 13.9. The molecular weight excluding hydrogens is 267 g/mol. The lowest BCUT2D eigenvalue weighted by Crippen LogP contribution is -2.35. The number of carbonyl (C=O) groups is 1. The first kappa shape index (κ1) is 15.9. The summed E-state index contributed by atoms with van der Waals surface area (Å²) in [7, 11) is 0. The van der Waals surface area contributed by atoms with Gasteiger partial charge >= 0.3 is 0 Å². The van der Waals surface area contributed by atoms with Crippen LogP contribution in [-0.4, -0.2) is 25.0 Å². The highest BCUT2D eigenvalue weighted by Crippen LogP contribution is 2.18. The molecule has 1 atom stereocenters. The van der Waals surface area contributed by atoms with Crippen LogP contribution >= 0.6 is 12.4 Å². The molecule has 5 heteroatoms. The van der Waals surface area contributed by atoms with E-state index in [0.717, 1.165) is 25.1 Å². The highest BCUT2D eigenvalue weighted by Gasteiger charge is 2.21. The van der Waals surface area contributed by atoms with Gasteiger partial charge in [-0.25, -0.2) is 4.39 Å². The molecule has 1 aliphatic heterocycles. The van der Waals surface area contributed by atoms with E-state index in [2.05, 4.69) is 5.32 Å². The van der Waals surface area contributed by atoms with Crippen molar-refractivity contribution >= 4 is 24.0 Å². The lowest BCUT2D eigenvalue weighted by Gasteiger charge is -2.22. The molecule has 0 aliphatic carbocycles. The number of hydrogen-bond acceptors (Lipinski definition) is 2. The molecule has 1 N–H and O–H groups in total. The van der Waals surface area contributed by atoms with Crippen LogP contribution in [0.25, 0.3) is 0 Å². The van der Waals surface area contributed by atoms with E-state index in [1.54, 1.807) is 17.0 Å². The molecule has 19 heavy (non-hydrogen) atoms. The number of halogens is 2. The zero-order valence-corrected chi connectivity index (χ0v) is 11.9. The first-order valence-electron chi connectivity index (χ1n) is 6.50. The predicted molar refractivity (Wildman–Crippen MR) is 77.3 cm³/mol. The molecule has 1 aromatic rings. The van der Waals surface area contributed by atoms with Crippen molar-refractivity contribution in [1.82, 2.24) is 5.32 Å². The highest BCUT2D eigenvalue weighted by atomic mass is 35.5. The second-order valence-electron chi connectivity index (χ2n) is 4.61. The molecule has 2 rings (SSSR count). The second-order valence-corrected chi connectivity index (χ2v) is 4.61. The second kappa shape index (κ2) is 7.46. The minimum absolute atomic E-state index is 0. The first-order chi connectivity index (χ1) is 8.70. The Morgan fingerprint density at radius 2 is 2.11 bits per heavy atom. The standard InChI is InChI=1S/C14H19FN2O.ClH/c1-2-17(13-7-5-11(15)6-8-13)14(18)10-12-4-3-9-16-12;/h5-8,12,16H,2-4,9-10H2,1H3;1H. The number of amides is 1. The number of nitrogens with zero attached hydrogens (tertiary/aromatic N) is 1. The van der Waals surface area contributed by atoms with Crippen molar-refractivity contribution in [2.24, 2.45) is 0 Å². The summed E-state index contributed by atoms with van der Waals surface area (Å²) in [6.07, 6.45) is 2.72. The fourth-order valence-corrected chi connectivity index (χ4v) is 2.38. The van der Waals surface area contributed by atoms with Crippen LogP contribution in [0.15, 0.2) is 24.3 Å². The van der Waals surface area contributed by atoms with Crippen molar-refractivity contribution in [3.05, 3.63) is 30.1 Å². The largest absolute Gasteiger partial charge is 0.313 e. The van der Waals surface area contributed by atoms with E-state index in [1.807, 2.05) is 6.92 Å². The molecule has 3 nitrogen and oxygen atoms in total. The monoisotopic (exact) mass is 286 g/mol. The third kappa shape index (κ3) is 4.18. The van der Waals surface area contributed by atoms with E-state index < -0.39 is 0 Å². The number of hydrogen-bond donors (Lipinski definition) is 1. The Bertz CT molecular complexity index is 404. The van der Waals surface area contributed by atoms with Crippen molar-refractivity contribution in [1.29, 1.82) is 0 Å². The summed E-state index contributed by atoms with van der Waals surface area (Å²) in [6, 6.07) is 6.38. The van der Waals surface area contributed by atoms with Crippen LogP contribution in [0.2, 0.25) is 0 Å². The highest BCUT2D eigenvalue weighted by molar-refractivity contribution is 5.93. The van der Waals surface area contributed by atoms with Crippen LogP contribution in [0.4, 0.5) is 10.1 Å². The molecule has 0 saturated carbocycles. The zero-order chi connectivity index (χ0) is 13.0. The number of nitrogens with one attached hydrogen (secondary N) is 1. The van der Waals surface area contributed by atoms with Gasteiger partial charge in [-0.2, -0.15) is 0 Å². The molecule has 0 aromatic heterocycles. The molecular formula is C14H20ClFN2O. The molecule has 0 radical (unpaired) electrons. The lowest BCUT2D eigenvalue weighted by atomic mass is 10.1. The van der Waals surface area contributed by atoms with E-state index in [4.69, 9.17) is 0 Å². The normalized spacial score (nSPS) is 17.9. The van der Waals surface area contributed by atoms with Gasteiger partial charge in [0.05, 0.1) is 0 Å². The van der Waals surface area contributed by atoms with Crippen molar-refractivity contribution in [3.8, 4) is 0 Å². The minimum atomic E-state index is -0.278. The van der Waals surface area contributed by atoms with Gasteiger partial charge in [-0.15, -0.1) is 12.4 Å². The average molecular weight is 287 g/mol. The predicted octanol–water partition coefficient (Wildman–Crippen LogP) is 2.74. The Morgan fingerprint density at radius 1 is 1.42 bits per heavy atom. The van der Waals surface area contributed by atoms with E-state index >= 15 is 0 Å². The minimum Gasteiger partial charge on any atom is -0.313 e. The first-order valence-corrected chi connectivity index (χ1v) is 6.50. The van der Waals surface area contributed by atoms with E-state index in [0.29, 0.717) is 19.0 Å². The molecule has 0 spiro atoms. The molecule has 1 amide bonds. The third-order valence-corrected chi connectivity index (χ3v) is 3.34. The Labute approximate surface area is 119 Å². The summed E-state index contributed by atoms with van der Waals surface area (Å²) in [5.74, 6) is -0.178. The third-order valence-electron chi connectivity index (χ3n) is 3.34. The van der Waals surface area contributed by atoms with E-state index in [1.165, 1.54) is 12.1 Å². The van der Waals surface area contributed by atoms with Crippen LogP contribution in [0, 0.1) is 5.82 Å². The van der Waals surface area contributed by atoms with Gasteiger partial charge in [0.1, 0.15) is 5.82 Å². The summed E-state index contributed by atoms with van der Waals surface area (Å²) >= 11 is 0. The molecule has 0 bridgehead atoms.